The number of hydrogen-bond acceptors (Lipinski definition) is 5. The van der Waals surface area contributed by atoms with Gasteiger partial charge in [-0.05, 0) is 37.0 Å². The second kappa shape index (κ2) is 9.38. The summed E-state index contributed by atoms with van der Waals surface area (Å²) in [5, 5.41) is 2.81. The molecule has 1 aliphatic heterocycles. The fourth-order valence-corrected chi connectivity index (χ4v) is 3.63. The third-order valence-electron chi connectivity index (χ3n) is 5.27. The summed E-state index contributed by atoms with van der Waals surface area (Å²) in [5.74, 6) is 0.214. The van der Waals surface area contributed by atoms with Gasteiger partial charge in [-0.3, -0.25) is 14.6 Å². The summed E-state index contributed by atoms with van der Waals surface area (Å²) in [7, 11) is 1.53. The number of fused-ring (bicyclic) bond motifs is 1. The Morgan fingerprint density at radius 3 is 2.68 bits per heavy atom. The molecule has 3 aromatic rings. The van der Waals surface area contributed by atoms with Crippen LogP contribution in [0.5, 0.6) is 5.88 Å². The fraction of sp³-hybridized carbons (Fsp3) is 0.250. The average molecular weight is 416 g/mol. The van der Waals surface area contributed by atoms with Crippen LogP contribution in [0.15, 0.2) is 60.9 Å². The van der Waals surface area contributed by atoms with Gasteiger partial charge < -0.3 is 15.0 Å². The molecule has 0 bridgehead atoms. The molecule has 3 heterocycles. The number of hydrogen-bond donors (Lipinski definition) is 1. The monoisotopic (exact) mass is 416 g/mol. The smallest absolute Gasteiger partial charge is 0.257 e. The van der Waals surface area contributed by atoms with E-state index in [1.807, 2.05) is 30.3 Å². The number of ether oxygens (including phenoxy) is 1. The van der Waals surface area contributed by atoms with Gasteiger partial charge in [0.2, 0.25) is 11.8 Å². The number of anilines is 2. The second-order valence-electron chi connectivity index (χ2n) is 7.37. The summed E-state index contributed by atoms with van der Waals surface area (Å²) in [6, 6.07) is 15.1. The van der Waals surface area contributed by atoms with Crippen LogP contribution < -0.4 is 15.0 Å². The van der Waals surface area contributed by atoms with E-state index in [9.17, 15) is 9.59 Å². The van der Waals surface area contributed by atoms with Crippen molar-refractivity contribution in [3.05, 3.63) is 77.7 Å². The number of amides is 2. The largest absolute Gasteiger partial charge is 0.481 e. The number of carbonyl (C=O) groups excluding carboxylic acids is 2. The third-order valence-corrected chi connectivity index (χ3v) is 5.27. The molecule has 0 unspecified atom stereocenters. The first kappa shape index (κ1) is 20.5. The highest BCUT2D eigenvalue weighted by Crippen LogP contribution is 2.28. The van der Waals surface area contributed by atoms with Crippen LogP contribution in [0.4, 0.5) is 11.4 Å². The number of pyridine rings is 2. The lowest BCUT2D eigenvalue weighted by Crippen LogP contribution is -2.36. The molecule has 158 valence electrons. The van der Waals surface area contributed by atoms with Crippen molar-refractivity contribution in [1.82, 2.24) is 9.97 Å². The quantitative estimate of drug-likeness (QED) is 0.663. The number of rotatable bonds is 6. The summed E-state index contributed by atoms with van der Waals surface area (Å²) in [6.07, 6.45) is 5.84. The zero-order valence-electron chi connectivity index (χ0n) is 17.4. The van der Waals surface area contributed by atoms with Crippen LogP contribution >= 0.6 is 0 Å². The number of aromatic nitrogens is 2. The van der Waals surface area contributed by atoms with E-state index < -0.39 is 0 Å². The molecule has 0 saturated heterocycles. The second-order valence-corrected chi connectivity index (χ2v) is 7.37. The van der Waals surface area contributed by atoms with Crippen molar-refractivity contribution >= 4 is 23.2 Å². The maximum absolute atomic E-state index is 12.9. The summed E-state index contributed by atoms with van der Waals surface area (Å²) in [4.78, 5) is 36.0. The number of methoxy groups -OCH3 is 1. The first-order chi connectivity index (χ1) is 15.1. The molecule has 0 fully saturated rings. The molecule has 31 heavy (non-hydrogen) atoms. The van der Waals surface area contributed by atoms with Crippen molar-refractivity contribution in [2.24, 2.45) is 0 Å². The molecule has 0 atom stereocenters. The minimum atomic E-state index is -0.301. The van der Waals surface area contributed by atoms with Crippen molar-refractivity contribution in [2.45, 2.75) is 25.7 Å². The molecule has 1 aliphatic rings. The van der Waals surface area contributed by atoms with Crippen LogP contribution in [0.25, 0.3) is 0 Å². The Morgan fingerprint density at radius 1 is 1.10 bits per heavy atom. The molecule has 0 saturated carbocycles. The van der Waals surface area contributed by atoms with E-state index in [0.29, 0.717) is 36.5 Å². The molecule has 2 aromatic heterocycles. The topological polar surface area (TPSA) is 84.4 Å². The van der Waals surface area contributed by atoms with E-state index in [2.05, 4.69) is 15.3 Å². The first-order valence-electron chi connectivity index (χ1n) is 10.3. The van der Waals surface area contributed by atoms with Gasteiger partial charge in [-0.1, -0.05) is 30.3 Å². The first-order valence-corrected chi connectivity index (χ1v) is 10.3. The van der Waals surface area contributed by atoms with Crippen LogP contribution in [0.1, 0.15) is 34.5 Å². The summed E-state index contributed by atoms with van der Waals surface area (Å²) in [5.41, 5.74) is 3.66. The molecule has 0 spiro atoms. The molecule has 1 aromatic carbocycles. The van der Waals surface area contributed by atoms with E-state index in [1.54, 1.807) is 29.3 Å². The SMILES string of the molecule is COc1ccc(NC(=O)c2cnc3c(c2)N(C(=O)CCc2ccccc2)CCC3)cn1. The van der Waals surface area contributed by atoms with Gasteiger partial charge >= 0.3 is 0 Å². The minimum absolute atomic E-state index is 0.0449. The van der Waals surface area contributed by atoms with Crippen molar-refractivity contribution in [2.75, 3.05) is 23.9 Å². The molecular weight excluding hydrogens is 392 g/mol. The maximum atomic E-state index is 12.9. The van der Waals surface area contributed by atoms with Crippen molar-refractivity contribution < 1.29 is 14.3 Å². The lowest BCUT2D eigenvalue weighted by molar-refractivity contribution is -0.118. The predicted molar refractivity (Wildman–Crippen MR) is 118 cm³/mol. The van der Waals surface area contributed by atoms with Gasteiger partial charge in [-0.2, -0.15) is 0 Å². The summed E-state index contributed by atoms with van der Waals surface area (Å²) >= 11 is 0. The Hall–Kier alpha value is -3.74. The highest BCUT2D eigenvalue weighted by molar-refractivity contribution is 6.05. The molecule has 7 heteroatoms. The van der Waals surface area contributed by atoms with Crippen LogP contribution in [-0.4, -0.2) is 35.4 Å². The molecule has 0 radical (unpaired) electrons. The van der Waals surface area contributed by atoms with Gasteiger partial charge in [0, 0.05) is 25.2 Å². The zero-order chi connectivity index (χ0) is 21.6. The number of benzene rings is 1. The Kier molecular flexibility index (Phi) is 6.21. The van der Waals surface area contributed by atoms with Crippen molar-refractivity contribution in [1.29, 1.82) is 0 Å². The van der Waals surface area contributed by atoms with Gasteiger partial charge in [0.15, 0.2) is 0 Å². The maximum Gasteiger partial charge on any atom is 0.257 e. The van der Waals surface area contributed by atoms with Gasteiger partial charge in [0.25, 0.3) is 5.91 Å². The number of carbonyl (C=O) groups is 2. The minimum Gasteiger partial charge on any atom is -0.481 e. The van der Waals surface area contributed by atoms with Gasteiger partial charge in [0.05, 0.1) is 35.9 Å². The lowest BCUT2D eigenvalue weighted by Gasteiger charge is -2.29. The van der Waals surface area contributed by atoms with E-state index in [0.717, 1.165) is 29.8 Å². The van der Waals surface area contributed by atoms with E-state index in [4.69, 9.17) is 4.74 Å². The van der Waals surface area contributed by atoms with Crippen LogP contribution in [0, 0.1) is 0 Å². The molecule has 1 N–H and O–H groups in total. The summed E-state index contributed by atoms with van der Waals surface area (Å²) < 4.78 is 5.03. The Bertz CT molecular complexity index is 1070. The molecule has 4 rings (SSSR count). The highest BCUT2D eigenvalue weighted by atomic mass is 16.5. The Morgan fingerprint density at radius 2 is 1.94 bits per heavy atom. The predicted octanol–water partition coefficient (Wildman–Crippen LogP) is 3.65. The Labute approximate surface area is 181 Å². The number of nitrogens with zero attached hydrogens (tertiary/aromatic N) is 3. The Balaban J connectivity index is 1.48. The van der Waals surface area contributed by atoms with E-state index in [-0.39, 0.29) is 11.8 Å². The van der Waals surface area contributed by atoms with Crippen molar-refractivity contribution in [3.8, 4) is 5.88 Å². The van der Waals surface area contributed by atoms with Gasteiger partial charge in [-0.25, -0.2) is 4.98 Å². The molecule has 7 nitrogen and oxygen atoms in total. The average Bonchev–Trinajstić information content (AvgIpc) is 2.83. The molecular formula is C24H24N4O3. The van der Waals surface area contributed by atoms with Crippen LogP contribution in [0.2, 0.25) is 0 Å². The lowest BCUT2D eigenvalue weighted by atomic mass is 10.0. The van der Waals surface area contributed by atoms with Gasteiger partial charge in [-0.15, -0.1) is 0 Å². The summed E-state index contributed by atoms with van der Waals surface area (Å²) in [6.45, 7) is 0.635. The molecule has 2 amide bonds. The normalized spacial score (nSPS) is 12.7. The third kappa shape index (κ3) is 4.88. The van der Waals surface area contributed by atoms with Gasteiger partial charge in [0.1, 0.15) is 0 Å². The van der Waals surface area contributed by atoms with E-state index >= 15 is 0 Å². The van der Waals surface area contributed by atoms with Crippen molar-refractivity contribution in [3.63, 3.8) is 0 Å². The number of nitrogens with one attached hydrogen (secondary N) is 1. The van der Waals surface area contributed by atoms with Crippen LogP contribution in [0.3, 0.4) is 0 Å². The number of aryl methyl sites for hydroxylation is 2. The molecule has 0 aliphatic carbocycles. The highest BCUT2D eigenvalue weighted by Gasteiger charge is 2.24. The fourth-order valence-electron chi connectivity index (χ4n) is 3.63. The zero-order valence-corrected chi connectivity index (χ0v) is 17.4. The van der Waals surface area contributed by atoms with Crippen LogP contribution in [-0.2, 0) is 17.6 Å². The van der Waals surface area contributed by atoms with E-state index in [1.165, 1.54) is 13.3 Å². The standard InChI is InChI=1S/C24H24N4O3/c1-31-22-11-10-19(16-26-22)27-24(30)18-14-21-20(25-15-18)8-5-13-28(21)23(29)12-9-17-6-3-2-4-7-17/h2-4,6-7,10-11,14-16H,5,8-9,12-13H2,1H3,(H,27,30).